The van der Waals surface area contributed by atoms with Crippen LogP contribution in [0.15, 0.2) is 73.2 Å². The van der Waals surface area contributed by atoms with Crippen LogP contribution >= 0.6 is 0 Å². The zero-order valence-corrected chi connectivity index (χ0v) is 21.4. The van der Waals surface area contributed by atoms with Gasteiger partial charge in [0.15, 0.2) is 0 Å². The van der Waals surface area contributed by atoms with E-state index in [1.165, 1.54) is 12.1 Å². The van der Waals surface area contributed by atoms with Crippen molar-refractivity contribution < 1.29 is 9.13 Å². The molecule has 0 unspecified atom stereocenters. The van der Waals surface area contributed by atoms with Crippen molar-refractivity contribution in [3.8, 4) is 39.5 Å². The van der Waals surface area contributed by atoms with Crippen LogP contribution in [0.3, 0.4) is 0 Å². The molecule has 0 spiro atoms. The third kappa shape index (κ3) is 4.50. The number of halogens is 1. The monoisotopic (exact) mass is 506 g/mol. The molecule has 0 saturated heterocycles. The largest absolute Gasteiger partial charge is 0.492 e. The number of hydrogen-bond donors (Lipinski definition) is 2. The van der Waals surface area contributed by atoms with E-state index < -0.39 is 0 Å². The zero-order valence-electron chi connectivity index (χ0n) is 21.4. The summed E-state index contributed by atoms with van der Waals surface area (Å²) in [5.74, 6) is 0.112. The number of fused-ring (bicyclic) bond motifs is 2. The fourth-order valence-electron chi connectivity index (χ4n) is 4.69. The Bertz CT molecular complexity index is 1770. The van der Waals surface area contributed by atoms with Crippen LogP contribution in [0.1, 0.15) is 5.56 Å². The van der Waals surface area contributed by atoms with E-state index >= 15 is 0 Å². The van der Waals surface area contributed by atoms with Gasteiger partial charge < -0.3 is 14.6 Å². The van der Waals surface area contributed by atoms with Crippen molar-refractivity contribution in [2.24, 2.45) is 0 Å². The Morgan fingerprint density at radius 1 is 0.895 bits per heavy atom. The molecular formula is C30H27FN6O. The summed E-state index contributed by atoms with van der Waals surface area (Å²) in [6.07, 6.45) is 5.41. The predicted octanol–water partition coefficient (Wildman–Crippen LogP) is 6.22. The van der Waals surface area contributed by atoms with Gasteiger partial charge in [-0.2, -0.15) is 5.10 Å². The summed E-state index contributed by atoms with van der Waals surface area (Å²) in [5.41, 5.74) is 8.12. The van der Waals surface area contributed by atoms with Gasteiger partial charge in [0.1, 0.15) is 23.9 Å². The van der Waals surface area contributed by atoms with E-state index in [2.05, 4.69) is 44.2 Å². The number of nitrogens with zero attached hydrogens (tertiary/aromatic N) is 4. The van der Waals surface area contributed by atoms with Crippen molar-refractivity contribution in [1.29, 1.82) is 0 Å². The second-order valence-electron chi connectivity index (χ2n) is 9.65. The van der Waals surface area contributed by atoms with Crippen LogP contribution in [-0.2, 0) is 0 Å². The maximum atomic E-state index is 14.6. The van der Waals surface area contributed by atoms with Crippen molar-refractivity contribution in [3.05, 3.63) is 84.6 Å². The van der Waals surface area contributed by atoms with Gasteiger partial charge in [-0.1, -0.05) is 6.07 Å². The number of aromatic nitrogens is 5. The van der Waals surface area contributed by atoms with Crippen molar-refractivity contribution in [1.82, 2.24) is 30.0 Å². The molecule has 0 bridgehead atoms. The van der Waals surface area contributed by atoms with Crippen LogP contribution < -0.4 is 4.74 Å². The minimum atomic E-state index is -0.367. The lowest BCUT2D eigenvalue weighted by Crippen LogP contribution is -2.19. The number of nitrogens with one attached hydrogen (secondary N) is 2. The Balaban J connectivity index is 1.41. The highest BCUT2D eigenvalue weighted by Crippen LogP contribution is 2.35. The second kappa shape index (κ2) is 9.72. The number of rotatable bonds is 7. The number of likely N-dealkylation sites (N-methyl/N-ethyl adjacent to an activating group) is 1. The van der Waals surface area contributed by atoms with Crippen LogP contribution in [0.25, 0.3) is 55.6 Å². The summed E-state index contributed by atoms with van der Waals surface area (Å²) < 4.78 is 20.4. The van der Waals surface area contributed by atoms with Gasteiger partial charge in [-0.3, -0.25) is 15.1 Å². The van der Waals surface area contributed by atoms with Crippen LogP contribution in [0.5, 0.6) is 5.75 Å². The molecule has 38 heavy (non-hydrogen) atoms. The Kier molecular flexibility index (Phi) is 6.09. The van der Waals surface area contributed by atoms with Gasteiger partial charge in [0.25, 0.3) is 0 Å². The third-order valence-corrected chi connectivity index (χ3v) is 6.67. The lowest BCUT2D eigenvalue weighted by atomic mass is 10.0. The fraction of sp³-hybridized carbons (Fsp3) is 0.167. The summed E-state index contributed by atoms with van der Waals surface area (Å²) in [6, 6.07) is 16.9. The number of hydrogen-bond acceptors (Lipinski definition) is 5. The average Bonchev–Trinajstić information content (AvgIpc) is 3.52. The van der Waals surface area contributed by atoms with Crippen molar-refractivity contribution in [3.63, 3.8) is 0 Å². The minimum absolute atomic E-state index is 0.367. The normalized spacial score (nSPS) is 11.6. The molecule has 6 aromatic rings. The molecule has 0 fully saturated rings. The van der Waals surface area contributed by atoms with Crippen LogP contribution in [-0.4, -0.2) is 57.3 Å². The van der Waals surface area contributed by atoms with Gasteiger partial charge in [-0.05, 0) is 74.6 Å². The van der Waals surface area contributed by atoms with E-state index in [0.29, 0.717) is 23.6 Å². The quantitative estimate of drug-likeness (QED) is 0.268. The summed E-state index contributed by atoms with van der Waals surface area (Å²) >= 11 is 0. The second-order valence-corrected chi connectivity index (χ2v) is 9.65. The molecule has 7 nitrogen and oxygen atoms in total. The van der Waals surface area contributed by atoms with Gasteiger partial charge in [-0.15, -0.1) is 0 Å². The molecule has 4 aromatic heterocycles. The molecule has 2 aromatic carbocycles. The first kappa shape index (κ1) is 23.8. The molecular weight excluding hydrogens is 479 g/mol. The number of pyridine rings is 2. The van der Waals surface area contributed by atoms with Gasteiger partial charge in [0.05, 0.1) is 16.9 Å². The standard InChI is InChI=1S/C30H27FN6O/c1-18-6-8-32-17-25(18)19-4-5-27-23(14-19)30(36-35-27)28-16-24-26(34-28)7-9-33-29(24)20-12-21(31)15-22(13-20)38-11-10-37(2)3/h4-9,12-17,34H,10-11H2,1-3H3,(H,35,36). The van der Waals surface area contributed by atoms with E-state index in [-0.39, 0.29) is 5.82 Å². The summed E-state index contributed by atoms with van der Waals surface area (Å²) in [4.78, 5) is 14.4. The minimum Gasteiger partial charge on any atom is -0.492 e. The Hall–Kier alpha value is -4.56. The highest BCUT2D eigenvalue weighted by Gasteiger charge is 2.16. The first-order valence-corrected chi connectivity index (χ1v) is 12.4. The first-order valence-electron chi connectivity index (χ1n) is 12.4. The topological polar surface area (TPSA) is 82.7 Å². The lowest BCUT2D eigenvalue weighted by Gasteiger charge is -2.12. The molecule has 2 N–H and O–H groups in total. The number of benzene rings is 2. The molecule has 0 atom stereocenters. The number of aromatic amines is 2. The average molecular weight is 507 g/mol. The Morgan fingerprint density at radius 2 is 1.76 bits per heavy atom. The molecule has 0 radical (unpaired) electrons. The van der Waals surface area contributed by atoms with Gasteiger partial charge in [-0.25, -0.2) is 4.39 Å². The number of aryl methyl sites for hydroxylation is 1. The highest BCUT2D eigenvalue weighted by molar-refractivity contribution is 6.01. The van der Waals surface area contributed by atoms with E-state index in [1.807, 2.05) is 55.5 Å². The van der Waals surface area contributed by atoms with Crippen molar-refractivity contribution in [2.45, 2.75) is 6.92 Å². The first-order chi connectivity index (χ1) is 18.5. The van der Waals surface area contributed by atoms with E-state index in [0.717, 1.165) is 56.4 Å². The molecule has 0 amide bonds. The predicted molar refractivity (Wildman–Crippen MR) is 149 cm³/mol. The lowest BCUT2D eigenvalue weighted by molar-refractivity contribution is 0.260. The molecule has 190 valence electrons. The smallest absolute Gasteiger partial charge is 0.127 e. The molecule has 0 aliphatic rings. The van der Waals surface area contributed by atoms with E-state index in [9.17, 15) is 4.39 Å². The third-order valence-electron chi connectivity index (χ3n) is 6.67. The molecule has 0 aliphatic heterocycles. The zero-order chi connectivity index (χ0) is 26.2. The molecule has 0 aliphatic carbocycles. The summed E-state index contributed by atoms with van der Waals surface area (Å²) in [7, 11) is 3.94. The van der Waals surface area contributed by atoms with Gasteiger partial charge >= 0.3 is 0 Å². The van der Waals surface area contributed by atoms with Crippen LogP contribution in [0.2, 0.25) is 0 Å². The van der Waals surface area contributed by atoms with Crippen molar-refractivity contribution >= 4 is 21.8 Å². The summed E-state index contributed by atoms with van der Waals surface area (Å²) in [5, 5.41) is 9.63. The van der Waals surface area contributed by atoms with Crippen molar-refractivity contribution in [2.75, 3.05) is 27.2 Å². The van der Waals surface area contributed by atoms with Crippen LogP contribution in [0, 0.1) is 12.7 Å². The molecule has 4 heterocycles. The Morgan fingerprint density at radius 3 is 2.61 bits per heavy atom. The van der Waals surface area contributed by atoms with Gasteiger partial charge in [0, 0.05) is 58.6 Å². The number of H-pyrrole nitrogens is 2. The highest BCUT2D eigenvalue weighted by atomic mass is 19.1. The maximum absolute atomic E-state index is 14.6. The molecule has 0 saturated carbocycles. The van der Waals surface area contributed by atoms with E-state index in [4.69, 9.17) is 4.74 Å². The summed E-state index contributed by atoms with van der Waals surface area (Å²) in [6.45, 7) is 3.28. The van der Waals surface area contributed by atoms with Gasteiger partial charge in [0.2, 0.25) is 0 Å². The molecule has 8 heteroatoms. The maximum Gasteiger partial charge on any atom is 0.127 e. The Labute approximate surface area is 219 Å². The van der Waals surface area contributed by atoms with E-state index in [1.54, 1.807) is 12.4 Å². The fourth-order valence-corrected chi connectivity index (χ4v) is 4.69. The number of ether oxygens (including phenoxy) is 1. The SMILES string of the molecule is Cc1ccncc1-c1ccc2[nH]nc(-c3cc4c(-c5cc(F)cc(OCCN(C)C)c5)nccc4[nH]3)c2c1. The van der Waals surface area contributed by atoms with Crippen LogP contribution in [0.4, 0.5) is 4.39 Å². The molecule has 6 rings (SSSR count).